The normalized spacial score (nSPS) is 16.0. The number of carbonyl (C=O) groups is 1. The maximum atomic E-state index is 10.9. The molecule has 2 heterocycles. The van der Waals surface area contributed by atoms with E-state index in [1.165, 1.54) is 27.4 Å². The molecule has 0 spiro atoms. The van der Waals surface area contributed by atoms with Crippen LogP contribution in [0.1, 0.15) is 12.5 Å². The van der Waals surface area contributed by atoms with Gasteiger partial charge in [0.15, 0.2) is 0 Å². The highest BCUT2D eigenvalue weighted by atomic mass is 16.4. The van der Waals surface area contributed by atoms with Crippen molar-refractivity contribution in [1.29, 1.82) is 0 Å². The highest BCUT2D eigenvalue weighted by Gasteiger charge is 2.32. The molecule has 1 aliphatic rings. The number of likely N-dealkylation sites (tertiary alicyclic amines) is 1. The van der Waals surface area contributed by atoms with E-state index in [4.69, 9.17) is 5.11 Å². The van der Waals surface area contributed by atoms with Crippen molar-refractivity contribution >= 4 is 27.8 Å². The maximum absolute atomic E-state index is 10.9. The molecule has 1 aliphatic heterocycles. The van der Waals surface area contributed by atoms with Crippen molar-refractivity contribution in [2.45, 2.75) is 20.0 Å². The Hall–Kier alpha value is -2.33. The third-order valence-corrected chi connectivity index (χ3v) is 4.87. The summed E-state index contributed by atoms with van der Waals surface area (Å²) in [5, 5.41) is 11.6. The Balaban J connectivity index is 1.68. The van der Waals surface area contributed by atoms with Gasteiger partial charge in [-0.2, -0.15) is 0 Å². The fourth-order valence-corrected chi connectivity index (χ4v) is 3.65. The average molecular weight is 308 g/mol. The standard InChI is InChI=1S/C19H20N2O2/c1-2-21-17-6-4-3-5-15(17)16-9-13(7-8-18(16)21)10-20-11-14(12-20)19(22)23/h3-9,14H,2,10-12H2,1H3,(H,22,23). The molecule has 0 bridgehead atoms. The maximum Gasteiger partial charge on any atom is 0.309 e. The molecular formula is C19H20N2O2. The molecule has 0 amide bonds. The molecule has 4 nitrogen and oxygen atoms in total. The van der Waals surface area contributed by atoms with Crippen LogP contribution in [-0.4, -0.2) is 33.6 Å². The van der Waals surface area contributed by atoms with Crippen molar-refractivity contribution in [3.63, 3.8) is 0 Å². The zero-order valence-corrected chi connectivity index (χ0v) is 13.2. The van der Waals surface area contributed by atoms with Crippen LogP contribution < -0.4 is 0 Å². The van der Waals surface area contributed by atoms with Crippen molar-refractivity contribution in [2.24, 2.45) is 5.92 Å². The van der Waals surface area contributed by atoms with Crippen molar-refractivity contribution in [3.05, 3.63) is 48.0 Å². The van der Waals surface area contributed by atoms with E-state index >= 15 is 0 Å². The van der Waals surface area contributed by atoms with Crippen LogP contribution >= 0.6 is 0 Å². The number of rotatable bonds is 4. The second-order valence-electron chi connectivity index (χ2n) is 6.34. The highest BCUT2D eigenvalue weighted by molar-refractivity contribution is 6.08. The van der Waals surface area contributed by atoms with Gasteiger partial charge in [-0.25, -0.2) is 0 Å². The van der Waals surface area contributed by atoms with E-state index in [1.54, 1.807) is 0 Å². The molecule has 0 aliphatic carbocycles. The number of carboxylic acid groups (broad SMARTS) is 1. The lowest BCUT2D eigenvalue weighted by molar-refractivity contribution is -0.147. The summed E-state index contributed by atoms with van der Waals surface area (Å²) in [5.41, 5.74) is 3.79. The van der Waals surface area contributed by atoms with Crippen LogP contribution in [0.3, 0.4) is 0 Å². The fraction of sp³-hybridized carbons (Fsp3) is 0.316. The molecule has 118 valence electrons. The molecule has 2 aromatic carbocycles. The molecular weight excluding hydrogens is 288 g/mol. The van der Waals surface area contributed by atoms with Gasteiger partial charge in [0, 0.05) is 48.0 Å². The topological polar surface area (TPSA) is 45.5 Å². The van der Waals surface area contributed by atoms with Gasteiger partial charge >= 0.3 is 5.97 Å². The summed E-state index contributed by atoms with van der Waals surface area (Å²) < 4.78 is 2.35. The quantitative estimate of drug-likeness (QED) is 0.804. The zero-order valence-electron chi connectivity index (χ0n) is 13.2. The van der Waals surface area contributed by atoms with Crippen LogP contribution in [0, 0.1) is 5.92 Å². The van der Waals surface area contributed by atoms with Crippen molar-refractivity contribution in [2.75, 3.05) is 13.1 Å². The van der Waals surface area contributed by atoms with Gasteiger partial charge in [-0.3, -0.25) is 9.69 Å². The van der Waals surface area contributed by atoms with Crippen LogP contribution in [0.5, 0.6) is 0 Å². The number of benzene rings is 2. The SMILES string of the molecule is CCn1c2ccccc2c2cc(CN3CC(C(=O)O)C3)ccc21. The number of aromatic nitrogens is 1. The lowest BCUT2D eigenvalue weighted by Gasteiger charge is -2.36. The zero-order chi connectivity index (χ0) is 16.0. The molecule has 1 fully saturated rings. The van der Waals surface area contributed by atoms with Gasteiger partial charge in [-0.1, -0.05) is 24.3 Å². The second-order valence-corrected chi connectivity index (χ2v) is 6.34. The molecule has 0 atom stereocenters. The van der Waals surface area contributed by atoms with E-state index in [1.807, 2.05) is 0 Å². The van der Waals surface area contributed by atoms with Crippen LogP contribution in [0.2, 0.25) is 0 Å². The van der Waals surface area contributed by atoms with Gasteiger partial charge in [-0.05, 0) is 30.7 Å². The largest absolute Gasteiger partial charge is 0.481 e. The summed E-state index contributed by atoms with van der Waals surface area (Å²) in [6.45, 7) is 5.27. The number of aliphatic carboxylic acids is 1. The first kappa shape index (κ1) is 14.3. The monoisotopic (exact) mass is 308 g/mol. The first-order valence-electron chi connectivity index (χ1n) is 8.12. The number of carboxylic acids is 1. The van der Waals surface area contributed by atoms with Crippen molar-refractivity contribution < 1.29 is 9.90 Å². The molecule has 23 heavy (non-hydrogen) atoms. The molecule has 0 saturated carbocycles. The molecule has 1 aromatic heterocycles. The van der Waals surface area contributed by atoms with Gasteiger partial charge in [0.05, 0.1) is 5.92 Å². The Morgan fingerprint density at radius 2 is 1.87 bits per heavy atom. The summed E-state index contributed by atoms with van der Waals surface area (Å²) in [4.78, 5) is 13.1. The Bertz CT molecular complexity index is 891. The lowest BCUT2D eigenvalue weighted by atomic mass is 9.99. The Morgan fingerprint density at radius 3 is 2.61 bits per heavy atom. The van der Waals surface area contributed by atoms with Gasteiger partial charge in [0.1, 0.15) is 0 Å². The fourth-order valence-electron chi connectivity index (χ4n) is 3.65. The van der Waals surface area contributed by atoms with E-state index in [2.05, 4.69) is 58.9 Å². The Morgan fingerprint density at radius 1 is 1.13 bits per heavy atom. The molecule has 0 unspecified atom stereocenters. The first-order valence-corrected chi connectivity index (χ1v) is 8.12. The van der Waals surface area contributed by atoms with Gasteiger partial charge in [0.25, 0.3) is 0 Å². The van der Waals surface area contributed by atoms with Gasteiger partial charge in [-0.15, -0.1) is 0 Å². The molecule has 1 saturated heterocycles. The van der Waals surface area contributed by atoms with Gasteiger partial charge in [0.2, 0.25) is 0 Å². The number of aryl methyl sites for hydroxylation is 1. The molecule has 3 aromatic rings. The molecule has 4 rings (SSSR count). The Kier molecular flexibility index (Phi) is 3.34. The first-order chi connectivity index (χ1) is 11.2. The minimum Gasteiger partial charge on any atom is -0.481 e. The number of fused-ring (bicyclic) bond motifs is 3. The highest BCUT2D eigenvalue weighted by Crippen LogP contribution is 2.30. The summed E-state index contributed by atoms with van der Waals surface area (Å²) in [7, 11) is 0. The van der Waals surface area contributed by atoms with Crippen LogP contribution in [0.25, 0.3) is 21.8 Å². The Labute approximate surface area is 134 Å². The van der Waals surface area contributed by atoms with E-state index in [0.29, 0.717) is 13.1 Å². The third kappa shape index (κ3) is 2.30. The molecule has 4 heteroatoms. The van der Waals surface area contributed by atoms with E-state index in [0.717, 1.165) is 13.1 Å². The predicted molar refractivity (Wildman–Crippen MR) is 91.5 cm³/mol. The smallest absolute Gasteiger partial charge is 0.309 e. The second kappa shape index (κ2) is 5.39. The molecule has 1 N–H and O–H groups in total. The van der Waals surface area contributed by atoms with E-state index < -0.39 is 5.97 Å². The minimum atomic E-state index is -0.678. The molecule has 0 radical (unpaired) electrons. The average Bonchev–Trinajstić information content (AvgIpc) is 2.83. The summed E-state index contributed by atoms with van der Waals surface area (Å²) in [6.07, 6.45) is 0. The summed E-state index contributed by atoms with van der Waals surface area (Å²) >= 11 is 0. The summed E-state index contributed by atoms with van der Waals surface area (Å²) in [6, 6.07) is 15.1. The van der Waals surface area contributed by atoms with Crippen molar-refractivity contribution in [3.8, 4) is 0 Å². The number of hydrogen-bond acceptors (Lipinski definition) is 2. The van der Waals surface area contributed by atoms with Crippen LogP contribution in [0.15, 0.2) is 42.5 Å². The number of nitrogens with zero attached hydrogens (tertiary/aromatic N) is 2. The summed E-state index contributed by atoms with van der Waals surface area (Å²) in [5.74, 6) is -0.872. The number of hydrogen-bond donors (Lipinski definition) is 1. The van der Waals surface area contributed by atoms with Crippen LogP contribution in [0.4, 0.5) is 0 Å². The van der Waals surface area contributed by atoms with Crippen LogP contribution in [-0.2, 0) is 17.9 Å². The lowest BCUT2D eigenvalue weighted by Crippen LogP contribution is -2.49. The van der Waals surface area contributed by atoms with Crippen molar-refractivity contribution in [1.82, 2.24) is 9.47 Å². The van der Waals surface area contributed by atoms with Gasteiger partial charge < -0.3 is 9.67 Å². The minimum absolute atomic E-state index is 0.194. The predicted octanol–water partition coefficient (Wildman–Crippen LogP) is 3.33. The van der Waals surface area contributed by atoms with E-state index in [-0.39, 0.29) is 5.92 Å². The van der Waals surface area contributed by atoms with E-state index in [9.17, 15) is 4.79 Å². The number of para-hydroxylation sites is 1. The third-order valence-electron chi connectivity index (χ3n) is 4.87.